The van der Waals surface area contributed by atoms with E-state index in [1.165, 1.54) is 6.42 Å². The van der Waals surface area contributed by atoms with Gasteiger partial charge in [-0.2, -0.15) is 0 Å². The number of aliphatic hydroxyl groups excluding tert-OH is 1. The maximum absolute atomic E-state index is 12.1. The summed E-state index contributed by atoms with van der Waals surface area (Å²) in [7, 11) is 0. The average Bonchev–Trinajstić information content (AvgIpc) is 2.42. The Kier molecular flexibility index (Phi) is 5.54. The zero-order chi connectivity index (χ0) is 16.2. The normalized spacial score (nSPS) is 31.8. The molecule has 23 heavy (non-hydrogen) atoms. The van der Waals surface area contributed by atoms with Crippen molar-refractivity contribution < 1.29 is 19.4 Å². The average molecular weight is 324 g/mol. The van der Waals surface area contributed by atoms with Gasteiger partial charge in [-0.3, -0.25) is 9.59 Å². The molecular formula is C17H28N2O4. The van der Waals surface area contributed by atoms with E-state index < -0.39 is 6.10 Å². The third-order valence-electron chi connectivity index (χ3n) is 5.48. The first-order chi connectivity index (χ1) is 11.2. The summed E-state index contributed by atoms with van der Waals surface area (Å²) in [6.45, 7) is -0.129. The second-order valence-electron chi connectivity index (χ2n) is 7.20. The van der Waals surface area contributed by atoms with E-state index in [1.807, 2.05) is 0 Å². The second kappa shape index (κ2) is 7.62. The smallest absolute Gasteiger partial charge is 0.223 e. The number of hydrogen-bond donors (Lipinski definition) is 3. The molecule has 130 valence electrons. The van der Waals surface area contributed by atoms with Gasteiger partial charge in [0.2, 0.25) is 11.8 Å². The van der Waals surface area contributed by atoms with E-state index in [9.17, 15) is 14.7 Å². The van der Waals surface area contributed by atoms with Crippen LogP contribution in [0.1, 0.15) is 57.8 Å². The summed E-state index contributed by atoms with van der Waals surface area (Å²) in [5.74, 6) is 0.262. The molecule has 0 unspecified atom stereocenters. The number of amides is 2. The summed E-state index contributed by atoms with van der Waals surface area (Å²) in [6, 6.07) is 0.202. The molecule has 2 aliphatic carbocycles. The molecule has 2 saturated carbocycles. The lowest BCUT2D eigenvalue weighted by Gasteiger charge is -2.37. The molecule has 3 atom stereocenters. The van der Waals surface area contributed by atoms with Crippen LogP contribution in [-0.2, 0) is 14.3 Å². The van der Waals surface area contributed by atoms with Gasteiger partial charge in [0, 0.05) is 12.0 Å². The number of carbonyl (C=O) groups is 2. The predicted molar refractivity (Wildman–Crippen MR) is 84.7 cm³/mol. The molecule has 0 aromatic heterocycles. The molecule has 1 saturated heterocycles. The molecule has 3 aliphatic rings. The summed E-state index contributed by atoms with van der Waals surface area (Å²) < 4.78 is 5.86. The molecule has 0 radical (unpaired) electrons. The van der Waals surface area contributed by atoms with Crippen LogP contribution in [0.2, 0.25) is 0 Å². The Labute approximate surface area is 137 Å². The van der Waals surface area contributed by atoms with Gasteiger partial charge in [-0.1, -0.05) is 6.42 Å². The summed E-state index contributed by atoms with van der Waals surface area (Å²) in [6.07, 6.45) is 7.67. The highest BCUT2D eigenvalue weighted by Crippen LogP contribution is 2.28. The van der Waals surface area contributed by atoms with Crippen molar-refractivity contribution in [3.63, 3.8) is 0 Å². The fraction of sp³-hybridized carbons (Fsp3) is 0.882. The van der Waals surface area contributed by atoms with Crippen molar-refractivity contribution in [3.05, 3.63) is 0 Å². The zero-order valence-corrected chi connectivity index (χ0v) is 13.6. The Balaban J connectivity index is 1.43. The fourth-order valence-electron chi connectivity index (χ4n) is 3.46. The van der Waals surface area contributed by atoms with Gasteiger partial charge in [-0.15, -0.1) is 0 Å². The van der Waals surface area contributed by atoms with Gasteiger partial charge < -0.3 is 20.5 Å². The highest BCUT2D eigenvalue weighted by molar-refractivity contribution is 5.79. The first kappa shape index (κ1) is 16.7. The highest BCUT2D eigenvalue weighted by atomic mass is 16.5. The highest BCUT2D eigenvalue weighted by Gasteiger charge is 2.35. The van der Waals surface area contributed by atoms with Crippen LogP contribution in [0.3, 0.4) is 0 Å². The fourth-order valence-corrected chi connectivity index (χ4v) is 3.46. The number of ether oxygens (including phenoxy) is 1. The van der Waals surface area contributed by atoms with E-state index in [-0.39, 0.29) is 36.5 Å². The van der Waals surface area contributed by atoms with Crippen molar-refractivity contribution >= 4 is 11.8 Å². The largest absolute Gasteiger partial charge is 0.394 e. The van der Waals surface area contributed by atoms with Crippen molar-refractivity contribution in [2.45, 2.75) is 82.1 Å². The van der Waals surface area contributed by atoms with Crippen LogP contribution in [0, 0.1) is 5.92 Å². The quantitative estimate of drug-likeness (QED) is 0.676. The Morgan fingerprint density at radius 1 is 1.00 bits per heavy atom. The third-order valence-corrected chi connectivity index (χ3v) is 5.48. The SMILES string of the molecule is O=C(C[C@H]1CC[C@@H](NC(=O)C2CCC2)[C@H](CO)O1)NC1CCC1. The van der Waals surface area contributed by atoms with E-state index in [1.54, 1.807) is 0 Å². The lowest BCUT2D eigenvalue weighted by Crippen LogP contribution is -2.53. The lowest BCUT2D eigenvalue weighted by molar-refractivity contribution is -0.139. The molecule has 0 aromatic carbocycles. The van der Waals surface area contributed by atoms with Crippen molar-refractivity contribution in [2.24, 2.45) is 5.92 Å². The molecule has 1 heterocycles. The van der Waals surface area contributed by atoms with E-state index >= 15 is 0 Å². The second-order valence-corrected chi connectivity index (χ2v) is 7.20. The Hall–Kier alpha value is -1.14. The summed E-state index contributed by atoms with van der Waals surface area (Å²) in [4.78, 5) is 24.0. The van der Waals surface area contributed by atoms with Gasteiger partial charge in [0.25, 0.3) is 0 Å². The molecule has 3 fully saturated rings. The summed E-state index contributed by atoms with van der Waals surface area (Å²) in [5, 5.41) is 15.6. The lowest BCUT2D eigenvalue weighted by atomic mass is 9.84. The number of nitrogens with one attached hydrogen (secondary N) is 2. The van der Waals surface area contributed by atoms with Gasteiger partial charge in [0.05, 0.1) is 25.2 Å². The van der Waals surface area contributed by atoms with Crippen LogP contribution < -0.4 is 10.6 Å². The van der Waals surface area contributed by atoms with E-state index in [4.69, 9.17) is 4.74 Å². The van der Waals surface area contributed by atoms with Gasteiger partial charge in [-0.25, -0.2) is 0 Å². The van der Waals surface area contributed by atoms with E-state index in [0.717, 1.165) is 44.9 Å². The maximum atomic E-state index is 12.1. The molecule has 0 spiro atoms. The maximum Gasteiger partial charge on any atom is 0.223 e. The molecule has 3 rings (SSSR count). The predicted octanol–water partition coefficient (Wildman–Crippen LogP) is 0.870. The Bertz CT molecular complexity index is 434. The summed E-state index contributed by atoms with van der Waals surface area (Å²) >= 11 is 0. The monoisotopic (exact) mass is 324 g/mol. The first-order valence-corrected chi connectivity index (χ1v) is 9.01. The minimum atomic E-state index is -0.408. The Morgan fingerprint density at radius 2 is 1.74 bits per heavy atom. The van der Waals surface area contributed by atoms with Crippen LogP contribution >= 0.6 is 0 Å². The minimum absolute atomic E-state index is 0.0355. The van der Waals surface area contributed by atoms with Crippen LogP contribution in [0.4, 0.5) is 0 Å². The number of rotatable bonds is 6. The van der Waals surface area contributed by atoms with Crippen LogP contribution in [0.25, 0.3) is 0 Å². The van der Waals surface area contributed by atoms with Crippen molar-refractivity contribution in [3.8, 4) is 0 Å². The van der Waals surface area contributed by atoms with Crippen LogP contribution in [-0.4, -0.2) is 47.8 Å². The Morgan fingerprint density at radius 3 is 2.30 bits per heavy atom. The molecular weight excluding hydrogens is 296 g/mol. The number of aliphatic hydroxyl groups is 1. The minimum Gasteiger partial charge on any atom is -0.394 e. The van der Waals surface area contributed by atoms with Gasteiger partial charge in [0.1, 0.15) is 6.10 Å². The molecule has 0 bridgehead atoms. The third kappa shape index (κ3) is 4.23. The van der Waals surface area contributed by atoms with Gasteiger partial charge in [-0.05, 0) is 44.9 Å². The van der Waals surface area contributed by atoms with Gasteiger partial charge >= 0.3 is 0 Å². The van der Waals surface area contributed by atoms with Crippen molar-refractivity contribution in [2.75, 3.05) is 6.61 Å². The van der Waals surface area contributed by atoms with Gasteiger partial charge in [0.15, 0.2) is 0 Å². The summed E-state index contributed by atoms with van der Waals surface area (Å²) in [5.41, 5.74) is 0. The van der Waals surface area contributed by atoms with Crippen LogP contribution in [0.15, 0.2) is 0 Å². The van der Waals surface area contributed by atoms with Crippen LogP contribution in [0.5, 0.6) is 0 Å². The molecule has 6 nitrogen and oxygen atoms in total. The first-order valence-electron chi connectivity index (χ1n) is 9.01. The number of hydrogen-bond acceptors (Lipinski definition) is 4. The van der Waals surface area contributed by atoms with E-state index in [2.05, 4.69) is 10.6 Å². The molecule has 3 N–H and O–H groups in total. The van der Waals surface area contributed by atoms with Crippen molar-refractivity contribution in [1.29, 1.82) is 0 Å². The standard InChI is InChI=1S/C17H28N2O4/c20-10-15-14(19-17(22)11-3-1-4-11)8-7-13(23-15)9-16(21)18-12-5-2-6-12/h11-15,20H,1-10H2,(H,18,21)(H,19,22)/t13-,14-,15+/m1/s1. The van der Waals surface area contributed by atoms with E-state index in [0.29, 0.717) is 12.5 Å². The molecule has 0 aromatic rings. The molecule has 2 amide bonds. The molecule has 1 aliphatic heterocycles. The number of carbonyl (C=O) groups excluding carboxylic acids is 2. The molecule has 6 heteroatoms. The van der Waals surface area contributed by atoms with Crippen molar-refractivity contribution in [1.82, 2.24) is 10.6 Å². The topological polar surface area (TPSA) is 87.7 Å². The zero-order valence-electron chi connectivity index (χ0n) is 13.6.